The van der Waals surface area contributed by atoms with Gasteiger partial charge in [-0.15, -0.1) is 13.0 Å². The smallest absolute Gasteiger partial charge is 0.240 e. The minimum atomic E-state index is -0.513. The van der Waals surface area contributed by atoms with E-state index in [4.69, 9.17) is 12.2 Å². The van der Waals surface area contributed by atoms with Gasteiger partial charge in [0.15, 0.2) is 0 Å². The number of nitrogens with zero attached hydrogens (tertiary/aromatic N) is 1. The molecule has 3 nitrogen and oxygen atoms in total. The lowest BCUT2D eigenvalue weighted by molar-refractivity contribution is -0.130. The van der Waals surface area contributed by atoms with Crippen molar-refractivity contribution in [3.8, 4) is 12.3 Å². The Kier molecular flexibility index (Phi) is 4.82. The molecule has 1 amide bonds. The lowest BCUT2D eigenvalue weighted by atomic mass is 10.2. The number of amides is 1. The minimum absolute atomic E-state index is 0.146. The monoisotopic (exact) mass is 166 g/mol. The first-order valence-corrected chi connectivity index (χ1v) is 3.68. The number of nitrogens with two attached hydrogens (primary N) is 1. The van der Waals surface area contributed by atoms with Crippen LogP contribution < -0.4 is 5.73 Å². The molecule has 0 radical (unpaired) electrons. The molecule has 0 aromatic carbocycles. The first-order chi connectivity index (χ1) is 5.63. The molecular formula is C9H14N2O. The number of hydrogen-bond acceptors (Lipinski definition) is 2. The van der Waals surface area contributed by atoms with Crippen LogP contribution in [-0.2, 0) is 4.79 Å². The van der Waals surface area contributed by atoms with Crippen molar-refractivity contribution >= 4 is 5.91 Å². The molecule has 0 aliphatic heterocycles. The normalized spacial score (nSPS) is 11.4. The molecule has 12 heavy (non-hydrogen) atoms. The maximum Gasteiger partial charge on any atom is 0.240 e. The molecule has 0 aromatic heterocycles. The van der Waals surface area contributed by atoms with Crippen molar-refractivity contribution < 1.29 is 4.79 Å². The van der Waals surface area contributed by atoms with Gasteiger partial charge < -0.3 is 10.6 Å². The third-order valence-corrected chi connectivity index (χ3v) is 1.44. The average Bonchev–Trinajstić information content (AvgIpc) is 2.04. The summed E-state index contributed by atoms with van der Waals surface area (Å²) in [5, 5.41) is 0. The van der Waals surface area contributed by atoms with Gasteiger partial charge >= 0.3 is 0 Å². The van der Waals surface area contributed by atoms with Crippen molar-refractivity contribution in [1.82, 2.24) is 4.90 Å². The van der Waals surface area contributed by atoms with Crippen LogP contribution in [0.5, 0.6) is 0 Å². The SMILES string of the molecule is C#CCN(C)C(=O)C(N)CC=C. The quantitative estimate of drug-likeness (QED) is 0.471. The van der Waals surface area contributed by atoms with Crippen molar-refractivity contribution in [2.24, 2.45) is 5.73 Å². The van der Waals surface area contributed by atoms with Crippen LogP contribution >= 0.6 is 0 Å². The summed E-state index contributed by atoms with van der Waals surface area (Å²) in [6.07, 6.45) is 7.13. The summed E-state index contributed by atoms with van der Waals surface area (Å²) in [6.45, 7) is 3.79. The predicted molar refractivity (Wildman–Crippen MR) is 49.3 cm³/mol. The fourth-order valence-corrected chi connectivity index (χ4v) is 0.778. The number of likely N-dealkylation sites (N-methyl/N-ethyl adjacent to an activating group) is 1. The summed E-state index contributed by atoms with van der Waals surface area (Å²) in [5.74, 6) is 2.22. The molecule has 0 heterocycles. The Hall–Kier alpha value is -1.27. The molecule has 1 atom stereocenters. The van der Waals surface area contributed by atoms with Gasteiger partial charge in [0.05, 0.1) is 12.6 Å². The molecule has 0 aliphatic carbocycles. The molecule has 3 heteroatoms. The van der Waals surface area contributed by atoms with Gasteiger partial charge in [-0.25, -0.2) is 0 Å². The Morgan fingerprint density at radius 2 is 2.50 bits per heavy atom. The van der Waals surface area contributed by atoms with Gasteiger partial charge in [0.2, 0.25) is 5.91 Å². The van der Waals surface area contributed by atoms with E-state index in [0.717, 1.165) is 0 Å². The van der Waals surface area contributed by atoms with Crippen LogP contribution in [0.3, 0.4) is 0 Å². The van der Waals surface area contributed by atoms with Crippen molar-refractivity contribution in [2.75, 3.05) is 13.6 Å². The van der Waals surface area contributed by atoms with E-state index in [1.807, 2.05) is 0 Å². The molecule has 0 saturated carbocycles. The van der Waals surface area contributed by atoms with Crippen LogP contribution in [0.4, 0.5) is 0 Å². The van der Waals surface area contributed by atoms with E-state index < -0.39 is 6.04 Å². The minimum Gasteiger partial charge on any atom is -0.333 e. The molecule has 0 spiro atoms. The third-order valence-electron chi connectivity index (χ3n) is 1.44. The largest absolute Gasteiger partial charge is 0.333 e. The van der Waals surface area contributed by atoms with Gasteiger partial charge in [0, 0.05) is 7.05 Å². The summed E-state index contributed by atoms with van der Waals surface area (Å²) in [5.41, 5.74) is 5.53. The van der Waals surface area contributed by atoms with Gasteiger partial charge in [-0.05, 0) is 6.42 Å². The van der Waals surface area contributed by atoms with Crippen LogP contribution in [0.2, 0.25) is 0 Å². The number of terminal acetylenes is 1. The van der Waals surface area contributed by atoms with Crippen molar-refractivity contribution in [3.63, 3.8) is 0 Å². The van der Waals surface area contributed by atoms with Gasteiger partial charge in [-0.2, -0.15) is 0 Å². The van der Waals surface area contributed by atoms with E-state index in [9.17, 15) is 4.79 Å². The molecule has 66 valence electrons. The second-order valence-electron chi connectivity index (χ2n) is 2.53. The third kappa shape index (κ3) is 3.22. The van der Waals surface area contributed by atoms with Crippen molar-refractivity contribution in [2.45, 2.75) is 12.5 Å². The van der Waals surface area contributed by atoms with Crippen molar-refractivity contribution in [1.29, 1.82) is 0 Å². The first-order valence-electron chi connectivity index (χ1n) is 3.68. The fraction of sp³-hybridized carbons (Fsp3) is 0.444. The number of hydrogen-bond donors (Lipinski definition) is 1. The van der Waals surface area contributed by atoms with E-state index in [1.165, 1.54) is 4.90 Å². The standard InChI is InChI=1S/C9H14N2O/c1-4-6-8(10)9(12)11(3)7-5-2/h2,4,8H,1,6-7,10H2,3H3. The zero-order valence-electron chi connectivity index (χ0n) is 7.29. The Labute approximate surface area is 73.2 Å². The van der Waals surface area contributed by atoms with Gasteiger partial charge in [0.25, 0.3) is 0 Å². The molecular weight excluding hydrogens is 152 g/mol. The lowest BCUT2D eigenvalue weighted by Gasteiger charge is -2.17. The molecule has 0 rings (SSSR count). The van der Waals surface area contributed by atoms with E-state index in [1.54, 1.807) is 13.1 Å². The van der Waals surface area contributed by atoms with Crippen molar-refractivity contribution in [3.05, 3.63) is 12.7 Å². The molecule has 0 bridgehead atoms. The van der Waals surface area contributed by atoms with Gasteiger partial charge in [-0.3, -0.25) is 4.79 Å². The molecule has 2 N–H and O–H groups in total. The first kappa shape index (κ1) is 10.7. The van der Waals surface area contributed by atoms with Gasteiger partial charge in [0.1, 0.15) is 0 Å². The number of carbonyl (C=O) groups is 1. The highest BCUT2D eigenvalue weighted by molar-refractivity contribution is 5.81. The maximum atomic E-state index is 11.3. The van der Waals surface area contributed by atoms with Crippen LogP contribution in [0.15, 0.2) is 12.7 Å². The summed E-state index contributed by atoms with van der Waals surface area (Å²) in [7, 11) is 1.63. The topological polar surface area (TPSA) is 46.3 Å². The molecule has 0 saturated heterocycles. The van der Waals surface area contributed by atoms with Crippen LogP contribution in [0, 0.1) is 12.3 Å². The molecule has 0 fully saturated rings. The fourth-order valence-electron chi connectivity index (χ4n) is 0.778. The predicted octanol–water partition coefficient (Wildman–Crippen LogP) is -0.0186. The van der Waals surface area contributed by atoms with Crippen LogP contribution in [-0.4, -0.2) is 30.4 Å². The zero-order chi connectivity index (χ0) is 9.56. The van der Waals surface area contributed by atoms with Gasteiger partial charge in [-0.1, -0.05) is 12.0 Å². The van der Waals surface area contributed by atoms with E-state index in [2.05, 4.69) is 12.5 Å². The van der Waals surface area contributed by atoms with Crippen LogP contribution in [0.1, 0.15) is 6.42 Å². The maximum absolute atomic E-state index is 11.3. The summed E-state index contributed by atoms with van der Waals surface area (Å²) in [4.78, 5) is 12.7. The Morgan fingerprint density at radius 3 is 2.92 bits per heavy atom. The highest BCUT2D eigenvalue weighted by atomic mass is 16.2. The Balaban J connectivity index is 4.01. The summed E-state index contributed by atoms with van der Waals surface area (Å²) < 4.78 is 0. The second kappa shape index (κ2) is 5.39. The summed E-state index contributed by atoms with van der Waals surface area (Å²) >= 11 is 0. The Bertz CT molecular complexity index is 205. The summed E-state index contributed by atoms with van der Waals surface area (Å²) in [6, 6.07) is -0.513. The lowest BCUT2D eigenvalue weighted by Crippen LogP contribution is -2.41. The van der Waals surface area contributed by atoms with E-state index >= 15 is 0 Å². The Morgan fingerprint density at radius 1 is 1.92 bits per heavy atom. The average molecular weight is 166 g/mol. The molecule has 0 aromatic rings. The highest BCUT2D eigenvalue weighted by Gasteiger charge is 2.14. The molecule has 1 unspecified atom stereocenters. The van der Waals surface area contributed by atoms with E-state index in [0.29, 0.717) is 13.0 Å². The zero-order valence-corrected chi connectivity index (χ0v) is 7.29. The van der Waals surface area contributed by atoms with E-state index in [-0.39, 0.29) is 5.91 Å². The number of carbonyl (C=O) groups excluding carboxylic acids is 1. The molecule has 0 aliphatic rings. The van der Waals surface area contributed by atoms with Crippen LogP contribution in [0.25, 0.3) is 0 Å². The number of rotatable bonds is 4. The highest BCUT2D eigenvalue weighted by Crippen LogP contribution is 1.94. The second-order valence-corrected chi connectivity index (χ2v) is 2.53.